The van der Waals surface area contributed by atoms with Gasteiger partial charge in [-0.15, -0.1) is 0 Å². The smallest absolute Gasteiger partial charge is 0.0814 e. The number of aliphatic hydroxyl groups is 1. The van der Waals surface area contributed by atoms with Crippen molar-refractivity contribution in [3.63, 3.8) is 0 Å². The predicted octanol–water partition coefficient (Wildman–Crippen LogP) is 4.47. The molecule has 0 unspecified atom stereocenters. The first-order valence-corrected chi connectivity index (χ1v) is 7.84. The van der Waals surface area contributed by atoms with Gasteiger partial charge in [0, 0.05) is 6.42 Å². The molecule has 0 aliphatic rings. The van der Waals surface area contributed by atoms with Gasteiger partial charge in [-0.2, -0.15) is 0 Å². The second-order valence-corrected chi connectivity index (χ2v) is 5.56. The first kappa shape index (κ1) is 11.2. The van der Waals surface area contributed by atoms with Gasteiger partial charge in [0.05, 0.1) is 26.2 Å². The van der Waals surface area contributed by atoms with Gasteiger partial charge in [-0.05, 0) is 22.3 Å². The van der Waals surface area contributed by atoms with Crippen molar-refractivity contribution in [3.05, 3.63) is 95.9 Å². The van der Waals surface area contributed by atoms with Crippen LogP contribution in [-0.4, -0.2) is 17.8 Å². The first-order valence-electron chi connectivity index (χ1n) is 10.3. The third-order valence-corrected chi connectivity index (χ3v) is 3.64. The van der Waals surface area contributed by atoms with E-state index in [0.29, 0.717) is 18.6 Å². The zero-order valence-corrected chi connectivity index (χ0v) is 13.3. The van der Waals surface area contributed by atoms with Crippen molar-refractivity contribution >= 4 is 0 Å². The molecular weight excluding hydrogens is 296 g/mol. The minimum Gasteiger partial charge on any atom is -0.390 e. The van der Waals surface area contributed by atoms with Crippen molar-refractivity contribution in [2.45, 2.75) is 19.1 Å². The van der Waals surface area contributed by atoms with Crippen LogP contribution in [0, 0.1) is 0 Å². The van der Waals surface area contributed by atoms with Crippen LogP contribution in [0.5, 0.6) is 0 Å². The van der Waals surface area contributed by atoms with Crippen molar-refractivity contribution in [2.75, 3.05) is 6.61 Å². The Morgan fingerprint density at radius 1 is 0.833 bits per heavy atom. The monoisotopic (exact) mass is 323 g/mol. The van der Waals surface area contributed by atoms with Crippen LogP contribution in [0.25, 0.3) is 11.1 Å². The molecular formula is C22H22O2. The van der Waals surface area contributed by atoms with Crippen LogP contribution in [-0.2, 0) is 17.8 Å². The van der Waals surface area contributed by atoms with E-state index >= 15 is 0 Å². The average Bonchev–Trinajstić information content (AvgIpc) is 2.73. The van der Waals surface area contributed by atoms with Crippen LogP contribution in [0.4, 0.5) is 0 Å². The second kappa shape index (κ2) is 8.44. The lowest BCUT2D eigenvalue weighted by atomic mass is 10.0. The van der Waals surface area contributed by atoms with Gasteiger partial charge in [0.15, 0.2) is 0 Å². The van der Waals surface area contributed by atoms with E-state index in [1.165, 1.54) is 0 Å². The average molecular weight is 323 g/mol. The van der Waals surface area contributed by atoms with E-state index in [0.717, 1.165) is 11.1 Å². The Kier molecular flexibility index (Phi) is 3.93. The molecule has 1 atom stereocenters. The lowest BCUT2D eigenvalue weighted by Crippen LogP contribution is -2.18. The maximum absolute atomic E-state index is 10.2. The number of hydrogen-bond acceptors (Lipinski definition) is 2. The van der Waals surface area contributed by atoms with Gasteiger partial charge in [0.1, 0.15) is 0 Å². The van der Waals surface area contributed by atoms with E-state index in [-0.39, 0.29) is 36.3 Å². The van der Waals surface area contributed by atoms with Crippen LogP contribution in [0.2, 0.25) is 0 Å². The molecule has 0 fully saturated rings. The third-order valence-electron chi connectivity index (χ3n) is 3.64. The lowest BCUT2D eigenvalue weighted by Gasteiger charge is -2.12. The molecule has 0 heterocycles. The standard InChI is InChI=1S/C22H22O2/c23-22(17-24-16-19-7-3-1-4-8-19)15-18-11-13-21(14-12-18)20-9-5-2-6-10-20/h1-14,22-23H,15-17H2/t22-/m0/s1/i2D,5D,6D,9D,10D. The Morgan fingerprint density at radius 2 is 1.54 bits per heavy atom. The molecule has 0 radical (unpaired) electrons. The summed E-state index contributed by atoms with van der Waals surface area (Å²) in [6.07, 6.45) is -0.263. The van der Waals surface area contributed by atoms with E-state index in [4.69, 9.17) is 11.6 Å². The molecule has 1 N–H and O–H groups in total. The summed E-state index contributed by atoms with van der Waals surface area (Å²) < 4.78 is 44.9. The van der Waals surface area contributed by atoms with Crippen molar-refractivity contribution in [1.29, 1.82) is 0 Å². The lowest BCUT2D eigenvalue weighted by molar-refractivity contribution is 0.0288. The van der Waals surface area contributed by atoms with Crippen molar-refractivity contribution in [1.82, 2.24) is 0 Å². The first-order chi connectivity index (χ1) is 13.9. The van der Waals surface area contributed by atoms with Gasteiger partial charge in [0.25, 0.3) is 0 Å². The second-order valence-electron chi connectivity index (χ2n) is 5.56. The quantitative estimate of drug-likeness (QED) is 0.695. The summed E-state index contributed by atoms with van der Waals surface area (Å²) in [5, 5.41) is 10.2. The maximum Gasteiger partial charge on any atom is 0.0814 e. The highest BCUT2D eigenvalue weighted by molar-refractivity contribution is 5.63. The summed E-state index contributed by atoms with van der Waals surface area (Å²) in [6, 6.07) is 15.2. The Labute approximate surface area is 150 Å². The summed E-state index contributed by atoms with van der Waals surface area (Å²) in [5.41, 5.74) is 2.63. The molecule has 0 bridgehead atoms. The number of rotatable bonds is 7. The number of hydrogen-bond donors (Lipinski definition) is 1. The van der Waals surface area contributed by atoms with Gasteiger partial charge in [-0.1, -0.05) is 84.8 Å². The van der Waals surface area contributed by atoms with Crippen LogP contribution in [0.1, 0.15) is 18.0 Å². The van der Waals surface area contributed by atoms with Gasteiger partial charge in [0.2, 0.25) is 0 Å². The van der Waals surface area contributed by atoms with E-state index in [1.54, 1.807) is 24.3 Å². The van der Waals surface area contributed by atoms with Crippen molar-refractivity contribution in [3.8, 4) is 11.1 Å². The largest absolute Gasteiger partial charge is 0.390 e. The van der Waals surface area contributed by atoms with Crippen LogP contribution < -0.4 is 0 Å². The minimum atomic E-state index is -0.662. The summed E-state index contributed by atoms with van der Waals surface area (Å²) in [6.45, 7) is 0.645. The SMILES string of the molecule is [2H]c1c([2H])c([2H])c(-c2ccc(C[C@H](O)COCc3ccccc3)cc2)c([2H])c1[2H]. The highest BCUT2D eigenvalue weighted by Crippen LogP contribution is 2.19. The summed E-state index contributed by atoms with van der Waals surface area (Å²) in [5.74, 6) is 0. The molecule has 0 amide bonds. The normalized spacial score (nSPS) is 15.0. The number of benzene rings is 3. The Hall–Kier alpha value is -2.42. The molecule has 3 aromatic carbocycles. The zero-order chi connectivity index (χ0) is 21.0. The van der Waals surface area contributed by atoms with E-state index in [9.17, 15) is 5.11 Å². The topological polar surface area (TPSA) is 29.5 Å². The Bertz CT molecular complexity index is 946. The Balaban J connectivity index is 1.65. The van der Waals surface area contributed by atoms with Crippen molar-refractivity contribution < 1.29 is 16.7 Å². The van der Waals surface area contributed by atoms with Crippen molar-refractivity contribution in [2.24, 2.45) is 0 Å². The molecule has 0 saturated carbocycles. The molecule has 3 aromatic rings. The summed E-state index contributed by atoms with van der Waals surface area (Å²) in [4.78, 5) is 0. The molecule has 0 spiro atoms. The molecule has 3 rings (SSSR count). The van der Waals surface area contributed by atoms with Crippen LogP contribution >= 0.6 is 0 Å². The summed E-state index contributed by atoms with van der Waals surface area (Å²) >= 11 is 0. The highest BCUT2D eigenvalue weighted by Gasteiger charge is 2.06. The van der Waals surface area contributed by atoms with Gasteiger partial charge >= 0.3 is 0 Å². The fraction of sp³-hybridized carbons (Fsp3) is 0.182. The van der Waals surface area contributed by atoms with E-state index in [2.05, 4.69) is 0 Å². The van der Waals surface area contributed by atoms with E-state index in [1.807, 2.05) is 30.3 Å². The van der Waals surface area contributed by atoms with Crippen LogP contribution in [0.15, 0.2) is 84.8 Å². The Morgan fingerprint density at radius 3 is 2.25 bits per heavy atom. The molecule has 2 heteroatoms. The summed E-state index contributed by atoms with van der Waals surface area (Å²) in [7, 11) is 0. The molecule has 0 aliphatic carbocycles. The van der Waals surface area contributed by atoms with Gasteiger partial charge in [-0.3, -0.25) is 0 Å². The number of ether oxygens (including phenoxy) is 1. The van der Waals surface area contributed by atoms with E-state index < -0.39 is 12.1 Å². The fourth-order valence-electron chi connectivity index (χ4n) is 2.42. The van der Waals surface area contributed by atoms with Gasteiger partial charge < -0.3 is 9.84 Å². The highest BCUT2D eigenvalue weighted by atomic mass is 16.5. The molecule has 0 aliphatic heterocycles. The predicted molar refractivity (Wildman–Crippen MR) is 97.7 cm³/mol. The third kappa shape index (κ3) is 4.79. The molecule has 122 valence electrons. The van der Waals surface area contributed by atoms with Gasteiger partial charge in [-0.25, -0.2) is 0 Å². The molecule has 2 nitrogen and oxygen atoms in total. The molecule has 24 heavy (non-hydrogen) atoms. The minimum absolute atomic E-state index is 0.175. The maximum atomic E-state index is 10.2. The zero-order valence-electron chi connectivity index (χ0n) is 18.3. The molecule has 0 aromatic heterocycles. The van der Waals surface area contributed by atoms with Crippen LogP contribution in [0.3, 0.4) is 0 Å². The fourth-order valence-corrected chi connectivity index (χ4v) is 2.42. The molecule has 0 saturated heterocycles. The number of aliphatic hydroxyl groups excluding tert-OH is 1.